The second kappa shape index (κ2) is 7.88. The number of rotatable bonds is 4. The molecule has 0 atom stereocenters. The summed E-state index contributed by atoms with van der Waals surface area (Å²) >= 11 is 0. The van der Waals surface area contributed by atoms with Gasteiger partial charge in [0.1, 0.15) is 11.3 Å². The summed E-state index contributed by atoms with van der Waals surface area (Å²) in [5.74, 6) is -0.786. The van der Waals surface area contributed by atoms with Crippen LogP contribution in [0.1, 0.15) is 32.7 Å². The minimum absolute atomic E-state index is 0.000571. The van der Waals surface area contributed by atoms with Crippen molar-refractivity contribution in [2.24, 2.45) is 0 Å². The fourth-order valence-electron chi connectivity index (χ4n) is 3.29. The number of aromatic nitrogens is 3. The molecule has 2 heterocycles. The van der Waals surface area contributed by atoms with Gasteiger partial charge in [-0.25, -0.2) is 4.98 Å². The lowest BCUT2D eigenvalue weighted by Crippen LogP contribution is -2.12. The molecule has 0 fully saturated rings. The predicted molar refractivity (Wildman–Crippen MR) is 110 cm³/mol. The zero-order valence-electron chi connectivity index (χ0n) is 16.7. The number of carbonyl (C=O) groups is 1. The van der Waals surface area contributed by atoms with E-state index in [1.807, 2.05) is 0 Å². The number of amides is 1. The molecule has 2 aromatic heterocycles. The van der Waals surface area contributed by atoms with E-state index in [1.54, 1.807) is 6.92 Å². The van der Waals surface area contributed by atoms with Crippen molar-refractivity contribution in [1.82, 2.24) is 14.6 Å². The highest BCUT2D eigenvalue weighted by atomic mass is 19.4. The Balaban J connectivity index is 1.66. The van der Waals surface area contributed by atoms with Crippen LogP contribution in [0.5, 0.6) is 11.6 Å². The van der Waals surface area contributed by atoms with Gasteiger partial charge in [-0.15, -0.1) is 0 Å². The van der Waals surface area contributed by atoms with E-state index >= 15 is 0 Å². The average Bonchev–Trinajstić information content (AvgIpc) is 3.16. The largest absolute Gasteiger partial charge is 0.508 e. The van der Waals surface area contributed by atoms with E-state index < -0.39 is 17.6 Å². The van der Waals surface area contributed by atoms with Gasteiger partial charge in [-0.05, 0) is 42.8 Å². The number of nitrogens with zero attached hydrogens (tertiary/aromatic N) is 3. The van der Waals surface area contributed by atoms with E-state index in [9.17, 15) is 28.2 Å². The summed E-state index contributed by atoms with van der Waals surface area (Å²) in [5.41, 5.74) is 0.850. The van der Waals surface area contributed by atoms with Crippen molar-refractivity contribution < 1.29 is 28.2 Å². The number of nitrogens with one attached hydrogen (secondary N) is 1. The topological polar surface area (TPSA) is 99.8 Å². The minimum atomic E-state index is -4.48. The van der Waals surface area contributed by atoms with Gasteiger partial charge in [-0.1, -0.05) is 18.2 Å². The van der Waals surface area contributed by atoms with Gasteiger partial charge < -0.3 is 15.5 Å². The molecule has 0 radical (unpaired) electrons. The Hall–Kier alpha value is -4.08. The minimum Gasteiger partial charge on any atom is -0.508 e. The lowest BCUT2D eigenvalue weighted by Gasteiger charge is -2.12. The maximum absolute atomic E-state index is 13.0. The van der Waals surface area contributed by atoms with Crippen LogP contribution in [0.4, 0.5) is 18.9 Å². The van der Waals surface area contributed by atoms with Gasteiger partial charge in [-0.3, -0.25) is 4.79 Å². The molecule has 164 valence electrons. The molecule has 2 aromatic carbocycles. The molecule has 0 aliphatic rings. The third kappa shape index (κ3) is 4.07. The van der Waals surface area contributed by atoms with E-state index in [2.05, 4.69) is 15.4 Å². The molecule has 0 bridgehead atoms. The quantitative estimate of drug-likeness (QED) is 0.409. The van der Waals surface area contributed by atoms with Crippen LogP contribution in [0.2, 0.25) is 0 Å². The Kier molecular flexibility index (Phi) is 5.21. The van der Waals surface area contributed by atoms with Gasteiger partial charge in [0, 0.05) is 23.4 Å². The van der Waals surface area contributed by atoms with Crippen molar-refractivity contribution >= 4 is 17.2 Å². The van der Waals surface area contributed by atoms with Crippen LogP contribution in [0.25, 0.3) is 5.65 Å². The molecule has 7 nitrogen and oxygen atoms in total. The standard InChI is InChI=1S/C22H17F3N4O3/c1-12-17(10-13-3-2-4-14(9-13)22(23,24)25)21(32)29-19(27-12)18(11-26-29)20(31)28-15-5-7-16(30)8-6-15/h2-9,11,30,32H,10H2,1H3,(H,28,31). The summed E-state index contributed by atoms with van der Waals surface area (Å²) in [4.78, 5) is 17.0. The molecular formula is C22H17F3N4O3. The highest BCUT2D eigenvalue weighted by molar-refractivity contribution is 6.08. The second-order valence-electron chi connectivity index (χ2n) is 7.17. The van der Waals surface area contributed by atoms with Crippen LogP contribution in [-0.4, -0.2) is 30.7 Å². The van der Waals surface area contributed by atoms with Crippen LogP contribution in [0.15, 0.2) is 54.7 Å². The normalized spacial score (nSPS) is 11.6. The number of hydrogen-bond acceptors (Lipinski definition) is 5. The maximum Gasteiger partial charge on any atom is 0.416 e. The van der Waals surface area contributed by atoms with Gasteiger partial charge in [0.25, 0.3) is 5.91 Å². The molecule has 32 heavy (non-hydrogen) atoms. The summed E-state index contributed by atoms with van der Waals surface area (Å²) in [5, 5.41) is 26.7. The Bertz CT molecular complexity index is 1310. The summed E-state index contributed by atoms with van der Waals surface area (Å²) < 4.78 is 40.1. The van der Waals surface area contributed by atoms with Gasteiger partial charge >= 0.3 is 6.18 Å². The van der Waals surface area contributed by atoms with Crippen molar-refractivity contribution in [2.75, 3.05) is 5.32 Å². The van der Waals surface area contributed by atoms with Crippen molar-refractivity contribution in [1.29, 1.82) is 0 Å². The number of aryl methyl sites for hydroxylation is 1. The van der Waals surface area contributed by atoms with Gasteiger partial charge in [0.15, 0.2) is 5.65 Å². The molecule has 4 rings (SSSR count). The summed E-state index contributed by atoms with van der Waals surface area (Å²) in [7, 11) is 0. The van der Waals surface area contributed by atoms with E-state index in [0.717, 1.165) is 16.6 Å². The number of carbonyl (C=O) groups excluding carboxylic acids is 1. The third-order valence-electron chi connectivity index (χ3n) is 4.93. The van der Waals surface area contributed by atoms with Crippen molar-refractivity contribution in [2.45, 2.75) is 19.5 Å². The van der Waals surface area contributed by atoms with Crippen molar-refractivity contribution in [3.8, 4) is 11.6 Å². The van der Waals surface area contributed by atoms with Crippen LogP contribution in [0, 0.1) is 6.92 Å². The van der Waals surface area contributed by atoms with E-state index in [0.29, 0.717) is 22.5 Å². The number of halogens is 3. The predicted octanol–water partition coefficient (Wildman–Crippen LogP) is 4.31. The molecule has 0 aliphatic heterocycles. The first-order valence-corrected chi connectivity index (χ1v) is 9.46. The third-order valence-corrected chi connectivity index (χ3v) is 4.93. The Morgan fingerprint density at radius 1 is 1.12 bits per heavy atom. The Morgan fingerprint density at radius 2 is 1.84 bits per heavy atom. The molecule has 4 aromatic rings. The Labute approximate surface area is 179 Å². The summed E-state index contributed by atoms with van der Waals surface area (Å²) in [6.07, 6.45) is -3.23. The van der Waals surface area contributed by atoms with E-state index in [-0.39, 0.29) is 29.3 Å². The van der Waals surface area contributed by atoms with Crippen LogP contribution >= 0.6 is 0 Å². The number of anilines is 1. The highest BCUT2D eigenvalue weighted by Gasteiger charge is 2.30. The first kappa shape index (κ1) is 21.2. The van der Waals surface area contributed by atoms with Crippen molar-refractivity contribution in [3.05, 3.63) is 82.7 Å². The molecule has 0 saturated heterocycles. The van der Waals surface area contributed by atoms with Crippen LogP contribution < -0.4 is 5.32 Å². The van der Waals surface area contributed by atoms with Gasteiger partial charge in [0.2, 0.25) is 5.88 Å². The first-order chi connectivity index (χ1) is 15.1. The fraction of sp³-hybridized carbons (Fsp3) is 0.136. The maximum atomic E-state index is 13.0. The fourth-order valence-corrected chi connectivity index (χ4v) is 3.29. The number of alkyl halides is 3. The SMILES string of the molecule is Cc1nc2c(C(=O)Nc3ccc(O)cc3)cnn2c(O)c1Cc1cccc(C(F)(F)F)c1. The Morgan fingerprint density at radius 3 is 2.53 bits per heavy atom. The van der Waals surface area contributed by atoms with Crippen molar-refractivity contribution in [3.63, 3.8) is 0 Å². The molecule has 0 unspecified atom stereocenters. The van der Waals surface area contributed by atoms with Crippen LogP contribution in [0.3, 0.4) is 0 Å². The zero-order valence-corrected chi connectivity index (χ0v) is 16.7. The number of fused-ring (bicyclic) bond motifs is 1. The second-order valence-corrected chi connectivity index (χ2v) is 7.17. The molecular weight excluding hydrogens is 425 g/mol. The number of benzene rings is 2. The van der Waals surface area contributed by atoms with E-state index in [1.165, 1.54) is 42.6 Å². The summed E-state index contributed by atoms with van der Waals surface area (Å²) in [6, 6.07) is 10.7. The smallest absolute Gasteiger partial charge is 0.416 e. The summed E-state index contributed by atoms with van der Waals surface area (Å²) in [6.45, 7) is 1.59. The number of aromatic hydroxyl groups is 2. The molecule has 0 aliphatic carbocycles. The number of phenols is 1. The molecule has 1 amide bonds. The van der Waals surface area contributed by atoms with Gasteiger partial charge in [-0.2, -0.15) is 22.8 Å². The molecule has 0 spiro atoms. The average molecular weight is 442 g/mol. The molecule has 3 N–H and O–H groups in total. The van der Waals surface area contributed by atoms with Crippen LogP contribution in [-0.2, 0) is 12.6 Å². The lowest BCUT2D eigenvalue weighted by molar-refractivity contribution is -0.137. The zero-order chi connectivity index (χ0) is 23.0. The number of hydrogen-bond donors (Lipinski definition) is 3. The van der Waals surface area contributed by atoms with E-state index in [4.69, 9.17) is 0 Å². The van der Waals surface area contributed by atoms with Gasteiger partial charge in [0.05, 0.1) is 11.8 Å². The lowest BCUT2D eigenvalue weighted by atomic mass is 10.0. The molecule has 0 saturated carbocycles. The molecule has 10 heteroatoms. The first-order valence-electron chi connectivity index (χ1n) is 9.46. The monoisotopic (exact) mass is 442 g/mol. The highest BCUT2D eigenvalue weighted by Crippen LogP contribution is 2.31. The number of phenolic OH excluding ortho intramolecular Hbond substituents is 1.